The molecule has 2 N–H and O–H groups in total. The Balaban J connectivity index is 2.56. The summed E-state index contributed by atoms with van der Waals surface area (Å²) in [5.41, 5.74) is -1.07. The van der Waals surface area contributed by atoms with Gasteiger partial charge in [-0.3, -0.25) is 0 Å². The molecule has 0 spiro atoms. The van der Waals surface area contributed by atoms with Crippen LogP contribution in [0.25, 0.3) is 0 Å². The Bertz CT molecular complexity index is 746. The van der Waals surface area contributed by atoms with Crippen LogP contribution < -0.4 is 10.4 Å². The van der Waals surface area contributed by atoms with E-state index in [-0.39, 0.29) is 5.92 Å². The van der Waals surface area contributed by atoms with Gasteiger partial charge in [0.05, 0.1) is 0 Å². The molecule has 144 valence electrons. The highest BCUT2D eigenvalue weighted by Crippen LogP contribution is 2.44. The highest BCUT2D eigenvalue weighted by atomic mass is 28.4. The number of aliphatic hydroxyl groups is 1. The summed E-state index contributed by atoms with van der Waals surface area (Å²) in [4.78, 5) is 12.2. The molecule has 2 aromatic rings. The van der Waals surface area contributed by atoms with E-state index in [4.69, 9.17) is 0 Å². The topological polar surface area (TPSA) is 40.5 Å². The maximum Gasteiger partial charge on any atom is 0.258 e. The first-order valence-electron chi connectivity index (χ1n) is 9.68. The Morgan fingerprint density at radius 1 is 0.926 bits per heavy atom. The van der Waals surface area contributed by atoms with Crippen molar-refractivity contribution in [3.05, 3.63) is 60.7 Å². The van der Waals surface area contributed by atoms with Crippen LogP contribution in [0.1, 0.15) is 47.5 Å². The molecule has 2 nitrogen and oxygen atoms in total. The quantitative estimate of drug-likeness (QED) is 0.568. The fourth-order valence-electron chi connectivity index (χ4n) is 4.17. The summed E-state index contributed by atoms with van der Waals surface area (Å²) in [5.74, 6) is 5.80. The second kappa shape index (κ2) is 8.44. The molecule has 0 fully saturated rings. The van der Waals surface area contributed by atoms with Gasteiger partial charge in [-0.05, 0) is 48.0 Å². The Kier molecular flexibility index (Phi) is 6.70. The van der Waals surface area contributed by atoms with Crippen LogP contribution in [0.2, 0.25) is 5.04 Å². The Labute approximate surface area is 165 Å². The second-order valence-electron chi connectivity index (χ2n) is 8.16. The van der Waals surface area contributed by atoms with Gasteiger partial charge in [-0.2, -0.15) is 0 Å². The van der Waals surface area contributed by atoms with Crippen molar-refractivity contribution < 1.29 is 9.90 Å². The van der Waals surface area contributed by atoms with Crippen LogP contribution in [-0.4, -0.2) is 23.8 Å². The number of rotatable bonds is 7. The molecule has 0 aliphatic carbocycles. The molecule has 0 aliphatic rings. The third kappa shape index (κ3) is 4.35. The van der Waals surface area contributed by atoms with Crippen LogP contribution in [-0.2, 0) is 0 Å². The zero-order valence-electron chi connectivity index (χ0n) is 17.2. The van der Waals surface area contributed by atoms with Crippen molar-refractivity contribution in [2.24, 2.45) is 5.92 Å². The molecule has 2 rings (SSSR count). The SMILES string of the molecule is CC#C[C@](C)(O)[C@@H](CC)CC(C)(C)[Si](O)(c1ccccc1)c1ccccc1. The minimum absolute atomic E-state index is 0.0219. The number of hydrogen-bond acceptors (Lipinski definition) is 2. The van der Waals surface area contributed by atoms with E-state index in [2.05, 4.69) is 32.6 Å². The lowest BCUT2D eigenvalue weighted by Crippen LogP contribution is -2.66. The molecule has 0 unspecified atom stereocenters. The highest BCUT2D eigenvalue weighted by Gasteiger charge is 2.51. The van der Waals surface area contributed by atoms with Gasteiger partial charge < -0.3 is 9.90 Å². The smallest absolute Gasteiger partial charge is 0.258 e. The van der Waals surface area contributed by atoms with Crippen LogP contribution in [0, 0.1) is 17.8 Å². The van der Waals surface area contributed by atoms with Crippen LogP contribution in [0.5, 0.6) is 0 Å². The van der Waals surface area contributed by atoms with E-state index >= 15 is 0 Å². The molecule has 27 heavy (non-hydrogen) atoms. The Morgan fingerprint density at radius 3 is 1.74 bits per heavy atom. The van der Waals surface area contributed by atoms with Crippen molar-refractivity contribution in [2.45, 2.75) is 58.1 Å². The molecule has 0 bridgehead atoms. The van der Waals surface area contributed by atoms with Gasteiger partial charge in [0, 0.05) is 0 Å². The maximum atomic E-state index is 12.2. The van der Waals surface area contributed by atoms with E-state index in [1.165, 1.54) is 0 Å². The largest absolute Gasteiger partial charge is 0.424 e. The summed E-state index contributed by atoms with van der Waals surface area (Å²) < 4.78 is 0. The van der Waals surface area contributed by atoms with Gasteiger partial charge in [0.2, 0.25) is 0 Å². The summed E-state index contributed by atoms with van der Waals surface area (Å²) in [6.45, 7) is 9.90. The van der Waals surface area contributed by atoms with Gasteiger partial charge >= 0.3 is 0 Å². The van der Waals surface area contributed by atoms with Gasteiger partial charge in [-0.15, -0.1) is 5.92 Å². The van der Waals surface area contributed by atoms with E-state index in [1.807, 2.05) is 60.7 Å². The molecule has 0 saturated heterocycles. The molecule has 2 atom stereocenters. The lowest BCUT2D eigenvalue weighted by molar-refractivity contribution is 0.0432. The third-order valence-electron chi connectivity index (χ3n) is 5.79. The van der Waals surface area contributed by atoms with Crippen LogP contribution >= 0.6 is 0 Å². The molecule has 0 aliphatic heterocycles. The summed E-state index contributed by atoms with van der Waals surface area (Å²) in [6.07, 6.45) is 1.50. The number of hydrogen-bond donors (Lipinski definition) is 2. The van der Waals surface area contributed by atoms with Gasteiger partial charge in [-0.1, -0.05) is 87.4 Å². The van der Waals surface area contributed by atoms with E-state index in [9.17, 15) is 9.90 Å². The van der Waals surface area contributed by atoms with E-state index in [0.29, 0.717) is 6.42 Å². The standard InChI is InChI=1S/C24H32O2Si/c1-6-18-24(5,25)20(7-2)19-23(3,4)27(26,21-14-10-8-11-15-21)22-16-12-9-13-17-22/h8-17,20,25-26H,7,19H2,1-5H3/t20-,24-/m0/s1. The molecule has 0 radical (unpaired) electrons. The van der Waals surface area contributed by atoms with Crippen molar-refractivity contribution in [1.29, 1.82) is 0 Å². The molecule has 0 heterocycles. The predicted octanol–water partition coefficient (Wildman–Crippen LogP) is 3.71. The number of benzene rings is 2. The zero-order chi connectivity index (χ0) is 20.1. The first-order chi connectivity index (χ1) is 12.7. The Hall–Kier alpha value is -1.86. The van der Waals surface area contributed by atoms with E-state index < -0.39 is 19.0 Å². The molecular weight excluding hydrogens is 348 g/mol. The van der Waals surface area contributed by atoms with Crippen molar-refractivity contribution in [2.75, 3.05) is 0 Å². The highest BCUT2D eigenvalue weighted by molar-refractivity contribution is 6.98. The summed E-state index contributed by atoms with van der Waals surface area (Å²) >= 11 is 0. The molecule has 0 amide bonds. The van der Waals surface area contributed by atoms with Crippen molar-refractivity contribution in [3.8, 4) is 11.8 Å². The van der Waals surface area contributed by atoms with Gasteiger partial charge in [-0.25, -0.2) is 0 Å². The minimum Gasteiger partial charge on any atom is -0.424 e. The van der Waals surface area contributed by atoms with Crippen LogP contribution in [0.4, 0.5) is 0 Å². The van der Waals surface area contributed by atoms with E-state index in [0.717, 1.165) is 16.8 Å². The monoisotopic (exact) mass is 380 g/mol. The molecule has 0 saturated carbocycles. The van der Waals surface area contributed by atoms with Crippen molar-refractivity contribution in [1.82, 2.24) is 0 Å². The molecule has 0 aromatic heterocycles. The first-order valence-corrected chi connectivity index (χ1v) is 11.6. The van der Waals surface area contributed by atoms with Gasteiger partial charge in [0.25, 0.3) is 8.32 Å². The molecule has 3 heteroatoms. The van der Waals surface area contributed by atoms with Gasteiger partial charge in [0.1, 0.15) is 5.60 Å². The second-order valence-corrected chi connectivity index (χ2v) is 12.1. The summed E-state index contributed by atoms with van der Waals surface area (Å²) in [7, 11) is -3.07. The summed E-state index contributed by atoms with van der Waals surface area (Å²) in [6, 6.07) is 20.0. The average molecular weight is 381 g/mol. The molecular formula is C24H32O2Si. The van der Waals surface area contributed by atoms with Crippen molar-refractivity contribution >= 4 is 18.7 Å². The van der Waals surface area contributed by atoms with Crippen LogP contribution in [0.15, 0.2) is 60.7 Å². The summed E-state index contributed by atoms with van der Waals surface area (Å²) in [5, 5.41) is 12.5. The van der Waals surface area contributed by atoms with Gasteiger partial charge in [0.15, 0.2) is 0 Å². The first kappa shape index (κ1) is 21.4. The molecule has 2 aromatic carbocycles. The lowest BCUT2D eigenvalue weighted by Gasteiger charge is -2.44. The van der Waals surface area contributed by atoms with Crippen LogP contribution in [0.3, 0.4) is 0 Å². The van der Waals surface area contributed by atoms with Crippen molar-refractivity contribution in [3.63, 3.8) is 0 Å². The maximum absolute atomic E-state index is 12.2. The predicted molar refractivity (Wildman–Crippen MR) is 117 cm³/mol. The average Bonchev–Trinajstić information content (AvgIpc) is 2.66. The lowest BCUT2D eigenvalue weighted by atomic mass is 9.81. The minimum atomic E-state index is -3.07. The fourth-order valence-corrected chi connectivity index (χ4v) is 7.95. The third-order valence-corrected chi connectivity index (χ3v) is 10.3. The Morgan fingerprint density at radius 2 is 1.37 bits per heavy atom. The zero-order valence-corrected chi connectivity index (χ0v) is 18.2. The normalized spacial score (nSPS) is 15.4. The van der Waals surface area contributed by atoms with E-state index in [1.54, 1.807) is 13.8 Å². The fraction of sp³-hybridized carbons (Fsp3) is 0.417.